The maximum Gasteiger partial charge on any atom is 0.278 e. The number of hydrogen-bond acceptors (Lipinski definition) is 5. The van der Waals surface area contributed by atoms with Crippen LogP contribution in [0.2, 0.25) is 0 Å². The lowest BCUT2D eigenvalue weighted by Gasteiger charge is -2.37. The van der Waals surface area contributed by atoms with Crippen molar-refractivity contribution in [2.75, 3.05) is 56.2 Å². The number of carbonyl (C=O) groups is 1. The maximum atomic E-state index is 13.1. The summed E-state index contributed by atoms with van der Waals surface area (Å²) >= 11 is 0. The van der Waals surface area contributed by atoms with Crippen LogP contribution in [0.1, 0.15) is 26.7 Å². The van der Waals surface area contributed by atoms with Crippen LogP contribution in [0.3, 0.4) is 0 Å². The molecule has 0 unspecified atom stereocenters. The number of sulfone groups is 1. The van der Waals surface area contributed by atoms with E-state index >= 15 is 0 Å². The molecule has 8 heteroatoms. The molecule has 2 saturated heterocycles. The summed E-state index contributed by atoms with van der Waals surface area (Å²) in [6.07, 6.45) is 1.40. The molecule has 0 bridgehead atoms. The second kappa shape index (κ2) is 9.34. The Balaban J connectivity index is 1.60. The van der Waals surface area contributed by atoms with Crippen molar-refractivity contribution in [1.29, 1.82) is 0 Å². The fourth-order valence-electron chi connectivity index (χ4n) is 4.44. The lowest BCUT2D eigenvalue weighted by Crippen LogP contribution is -3.16. The van der Waals surface area contributed by atoms with E-state index in [2.05, 4.69) is 11.0 Å². The lowest BCUT2D eigenvalue weighted by atomic mass is 10.1. The first kappa shape index (κ1) is 21.9. The van der Waals surface area contributed by atoms with Crippen LogP contribution in [0.4, 0.5) is 5.69 Å². The molecule has 2 atom stereocenters. The van der Waals surface area contributed by atoms with E-state index in [1.807, 2.05) is 36.9 Å². The van der Waals surface area contributed by atoms with E-state index in [4.69, 9.17) is 4.74 Å². The van der Waals surface area contributed by atoms with Crippen LogP contribution >= 0.6 is 0 Å². The average Bonchev–Trinajstić information content (AvgIpc) is 3.07. The molecule has 0 aliphatic carbocycles. The van der Waals surface area contributed by atoms with Crippen LogP contribution in [0, 0.1) is 0 Å². The van der Waals surface area contributed by atoms with E-state index in [-0.39, 0.29) is 29.5 Å². The molecule has 29 heavy (non-hydrogen) atoms. The predicted octanol–water partition coefficient (Wildman–Crippen LogP) is 0.214. The zero-order valence-corrected chi connectivity index (χ0v) is 18.6. The van der Waals surface area contributed by atoms with E-state index in [9.17, 15) is 13.2 Å². The van der Waals surface area contributed by atoms with E-state index in [1.54, 1.807) is 7.11 Å². The van der Waals surface area contributed by atoms with Crippen LogP contribution in [0.15, 0.2) is 24.3 Å². The summed E-state index contributed by atoms with van der Waals surface area (Å²) in [5.41, 5.74) is 1.10. The fraction of sp³-hybridized carbons (Fsp3) is 0.667. The van der Waals surface area contributed by atoms with Gasteiger partial charge in [-0.1, -0.05) is 19.1 Å². The van der Waals surface area contributed by atoms with Crippen LogP contribution in [-0.4, -0.2) is 82.6 Å². The van der Waals surface area contributed by atoms with Gasteiger partial charge in [0, 0.05) is 12.1 Å². The lowest BCUT2D eigenvalue weighted by molar-refractivity contribution is -0.892. The highest BCUT2D eigenvalue weighted by Gasteiger charge is 2.38. The number of methoxy groups -OCH3 is 1. The van der Waals surface area contributed by atoms with Crippen molar-refractivity contribution in [3.63, 3.8) is 0 Å². The number of ether oxygens (including phenoxy) is 1. The van der Waals surface area contributed by atoms with E-state index in [1.165, 1.54) is 4.90 Å². The highest BCUT2D eigenvalue weighted by Crippen LogP contribution is 2.27. The third-order valence-electron chi connectivity index (χ3n) is 6.25. The molecule has 2 aliphatic rings. The molecular formula is C21H34N3O4S+. The number of amides is 1. The van der Waals surface area contributed by atoms with Gasteiger partial charge in [0.1, 0.15) is 5.75 Å². The summed E-state index contributed by atoms with van der Waals surface area (Å²) in [4.78, 5) is 18.6. The molecule has 1 N–H and O–H groups in total. The average molecular weight is 425 g/mol. The second-order valence-corrected chi connectivity index (χ2v) is 10.4. The number of anilines is 1. The molecule has 0 aromatic heterocycles. The minimum absolute atomic E-state index is 0.0649. The molecular weight excluding hydrogens is 390 g/mol. The molecule has 162 valence electrons. The van der Waals surface area contributed by atoms with Crippen LogP contribution in [0.5, 0.6) is 5.75 Å². The number of piperazine rings is 1. The Kier molecular flexibility index (Phi) is 7.05. The molecule has 2 heterocycles. The Labute approximate surface area is 174 Å². The van der Waals surface area contributed by atoms with Crippen molar-refractivity contribution >= 4 is 21.4 Å². The number of para-hydroxylation sites is 2. The summed E-state index contributed by atoms with van der Waals surface area (Å²) in [5.74, 6) is 1.27. The molecule has 1 amide bonds. The van der Waals surface area contributed by atoms with Gasteiger partial charge in [-0.2, -0.15) is 0 Å². The van der Waals surface area contributed by atoms with Gasteiger partial charge in [-0.25, -0.2) is 8.42 Å². The first-order valence-corrected chi connectivity index (χ1v) is 12.4. The van der Waals surface area contributed by atoms with Gasteiger partial charge in [0.15, 0.2) is 16.4 Å². The fourth-order valence-corrected chi connectivity index (χ4v) is 6.15. The zero-order valence-electron chi connectivity index (χ0n) is 17.8. The topological polar surface area (TPSA) is 71.4 Å². The second-order valence-electron chi connectivity index (χ2n) is 8.20. The van der Waals surface area contributed by atoms with Crippen LogP contribution in [0.25, 0.3) is 0 Å². The number of rotatable bonds is 7. The first-order chi connectivity index (χ1) is 13.8. The summed E-state index contributed by atoms with van der Waals surface area (Å²) in [7, 11) is -1.33. The van der Waals surface area contributed by atoms with Gasteiger partial charge < -0.3 is 19.4 Å². The summed E-state index contributed by atoms with van der Waals surface area (Å²) in [6.45, 7) is 7.99. The van der Waals surface area contributed by atoms with E-state index in [0.29, 0.717) is 13.0 Å². The van der Waals surface area contributed by atoms with Crippen LogP contribution in [-0.2, 0) is 14.6 Å². The molecule has 1 aromatic rings. The van der Waals surface area contributed by atoms with Gasteiger partial charge in [0.25, 0.3) is 5.91 Å². The van der Waals surface area contributed by atoms with Gasteiger partial charge in [-0.05, 0) is 31.9 Å². The first-order valence-electron chi connectivity index (χ1n) is 10.6. The van der Waals surface area contributed by atoms with E-state index < -0.39 is 9.84 Å². The van der Waals surface area contributed by atoms with Crippen molar-refractivity contribution in [2.45, 2.75) is 38.8 Å². The van der Waals surface area contributed by atoms with Crippen molar-refractivity contribution in [3.8, 4) is 5.75 Å². The van der Waals surface area contributed by atoms with Crippen LogP contribution < -0.4 is 14.5 Å². The minimum Gasteiger partial charge on any atom is -0.495 e. The number of nitrogens with one attached hydrogen (secondary N) is 1. The van der Waals surface area contributed by atoms with Gasteiger partial charge in [0.2, 0.25) is 0 Å². The van der Waals surface area contributed by atoms with E-state index in [0.717, 1.165) is 44.0 Å². The van der Waals surface area contributed by atoms with Gasteiger partial charge in [-0.3, -0.25) is 4.79 Å². The Morgan fingerprint density at radius 1 is 1.31 bits per heavy atom. The maximum absolute atomic E-state index is 13.1. The monoisotopic (exact) mass is 424 g/mol. The van der Waals surface area contributed by atoms with Crippen molar-refractivity contribution in [2.24, 2.45) is 0 Å². The van der Waals surface area contributed by atoms with Gasteiger partial charge in [-0.15, -0.1) is 0 Å². The van der Waals surface area contributed by atoms with Crippen molar-refractivity contribution < 1.29 is 22.8 Å². The SMILES string of the molecule is CC[C@H](C)N(C(=O)C[NH+]1CCN(c2ccccc2OC)CC1)[C@@H]1CCS(=O)(=O)C1. The molecule has 0 spiro atoms. The Morgan fingerprint density at radius 2 is 2.00 bits per heavy atom. The summed E-state index contributed by atoms with van der Waals surface area (Å²) in [5, 5.41) is 0. The zero-order chi connectivity index (χ0) is 21.0. The summed E-state index contributed by atoms with van der Waals surface area (Å²) in [6, 6.07) is 7.92. The van der Waals surface area contributed by atoms with Crippen molar-refractivity contribution in [1.82, 2.24) is 4.90 Å². The molecule has 0 radical (unpaired) electrons. The smallest absolute Gasteiger partial charge is 0.278 e. The quantitative estimate of drug-likeness (QED) is 0.678. The number of benzene rings is 1. The molecule has 3 rings (SSSR count). The largest absolute Gasteiger partial charge is 0.495 e. The molecule has 1 aromatic carbocycles. The minimum atomic E-state index is -3.01. The molecule has 7 nitrogen and oxygen atoms in total. The van der Waals surface area contributed by atoms with Gasteiger partial charge >= 0.3 is 0 Å². The third-order valence-corrected chi connectivity index (χ3v) is 8.00. The Bertz CT molecular complexity index is 806. The van der Waals surface area contributed by atoms with Crippen molar-refractivity contribution in [3.05, 3.63) is 24.3 Å². The number of carbonyl (C=O) groups excluding carboxylic acids is 1. The summed E-state index contributed by atoms with van der Waals surface area (Å²) < 4.78 is 29.3. The number of hydrogen-bond donors (Lipinski definition) is 1. The number of nitrogens with zero attached hydrogens (tertiary/aromatic N) is 2. The highest BCUT2D eigenvalue weighted by molar-refractivity contribution is 7.91. The Hall–Kier alpha value is -1.80. The third kappa shape index (κ3) is 5.22. The molecule has 2 fully saturated rings. The predicted molar refractivity (Wildman–Crippen MR) is 114 cm³/mol. The number of quaternary nitrogens is 1. The normalized spacial score (nSPS) is 23.0. The highest BCUT2D eigenvalue weighted by atomic mass is 32.2. The Morgan fingerprint density at radius 3 is 2.59 bits per heavy atom. The molecule has 0 saturated carbocycles. The van der Waals surface area contributed by atoms with Gasteiger partial charge in [0.05, 0.1) is 50.5 Å². The standard InChI is InChI=1S/C21H33N3O4S/c1-4-17(2)24(18-9-14-29(26,27)16-18)21(25)15-22-10-12-23(13-11-22)19-7-5-6-8-20(19)28-3/h5-8,17-18H,4,9-16H2,1-3H3/p+1/t17-,18+/m0/s1. The molecule has 2 aliphatic heterocycles.